The van der Waals surface area contributed by atoms with E-state index in [1.807, 2.05) is 0 Å². The molecular formula is C11H22O5. The monoisotopic (exact) mass is 234 g/mol. The van der Waals surface area contributed by atoms with E-state index in [1.54, 1.807) is 0 Å². The van der Waals surface area contributed by atoms with Crippen LogP contribution in [0.3, 0.4) is 0 Å². The van der Waals surface area contributed by atoms with Crippen molar-refractivity contribution in [3.8, 4) is 0 Å². The molecule has 96 valence electrons. The third kappa shape index (κ3) is 6.76. The van der Waals surface area contributed by atoms with Gasteiger partial charge in [-0.15, -0.1) is 0 Å². The molecule has 0 aromatic rings. The maximum absolute atomic E-state index is 11.3. The Balaban J connectivity index is 3.73. The van der Waals surface area contributed by atoms with Crippen LogP contribution in [0.2, 0.25) is 0 Å². The molecule has 0 saturated carbocycles. The van der Waals surface area contributed by atoms with Gasteiger partial charge in [0.15, 0.2) is 12.4 Å². The van der Waals surface area contributed by atoms with Crippen LogP contribution in [-0.2, 0) is 14.3 Å². The summed E-state index contributed by atoms with van der Waals surface area (Å²) in [6.07, 6.45) is -0.364. The van der Waals surface area contributed by atoms with Gasteiger partial charge in [0.2, 0.25) is 0 Å². The molecule has 0 aliphatic heterocycles. The molecule has 0 radical (unpaired) electrons. The minimum Gasteiger partial charge on any atom is -0.464 e. The molecule has 0 heterocycles. The van der Waals surface area contributed by atoms with Gasteiger partial charge in [-0.3, -0.25) is 0 Å². The lowest BCUT2D eigenvalue weighted by Gasteiger charge is -2.18. The third-order valence-corrected chi connectivity index (χ3v) is 2.08. The molecule has 0 aromatic heterocycles. The second-order valence-electron chi connectivity index (χ2n) is 3.78. The van der Waals surface area contributed by atoms with E-state index in [0.29, 0.717) is 6.61 Å². The number of carbonyl (C=O) groups is 1. The first-order chi connectivity index (χ1) is 7.49. The summed E-state index contributed by atoms with van der Waals surface area (Å²) >= 11 is 0. The van der Waals surface area contributed by atoms with Crippen molar-refractivity contribution in [3.05, 3.63) is 0 Å². The highest BCUT2D eigenvalue weighted by atomic mass is 16.6. The fraction of sp³-hybridized carbons (Fsp3) is 0.909. The molecule has 0 aliphatic carbocycles. The van der Waals surface area contributed by atoms with Gasteiger partial charge in [0.25, 0.3) is 0 Å². The van der Waals surface area contributed by atoms with Crippen LogP contribution in [0.25, 0.3) is 0 Å². The number of unbranched alkanes of at least 4 members (excludes halogenated alkanes) is 2. The van der Waals surface area contributed by atoms with Crippen LogP contribution in [-0.4, -0.2) is 41.3 Å². The van der Waals surface area contributed by atoms with Crippen molar-refractivity contribution in [2.45, 2.75) is 58.5 Å². The number of hydrogen-bond acceptors (Lipinski definition) is 5. The van der Waals surface area contributed by atoms with Crippen LogP contribution in [0, 0.1) is 0 Å². The Morgan fingerprint density at radius 1 is 1.25 bits per heavy atom. The molecule has 0 aliphatic rings. The van der Waals surface area contributed by atoms with Crippen molar-refractivity contribution in [3.63, 3.8) is 0 Å². The summed E-state index contributed by atoms with van der Waals surface area (Å²) in [6, 6.07) is 0. The molecular weight excluding hydrogens is 212 g/mol. The molecule has 0 amide bonds. The smallest absolute Gasteiger partial charge is 0.335 e. The van der Waals surface area contributed by atoms with Crippen molar-refractivity contribution < 1.29 is 24.5 Å². The van der Waals surface area contributed by atoms with Crippen molar-refractivity contribution in [2.24, 2.45) is 0 Å². The van der Waals surface area contributed by atoms with Gasteiger partial charge in [-0.2, -0.15) is 0 Å². The number of ether oxygens (including phenoxy) is 2. The highest BCUT2D eigenvalue weighted by Gasteiger charge is 2.21. The topological polar surface area (TPSA) is 76.0 Å². The van der Waals surface area contributed by atoms with E-state index in [1.165, 1.54) is 13.8 Å². The van der Waals surface area contributed by atoms with Crippen molar-refractivity contribution in [1.29, 1.82) is 0 Å². The number of esters is 1. The zero-order valence-corrected chi connectivity index (χ0v) is 10.2. The lowest BCUT2D eigenvalue weighted by molar-refractivity contribution is -0.197. The second kappa shape index (κ2) is 8.50. The molecule has 0 spiro atoms. The average Bonchev–Trinajstić information content (AvgIpc) is 2.23. The van der Waals surface area contributed by atoms with Gasteiger partial charge in [-0.25, -0.2) is 4.79 Å². The Morgan fingerprint density at radius 3 is 2.38 bits per heavy atom. The lowest BCUT2D eigenvalue weighted by atomic mass is 10.3. The van der Waals surface area contributed by atoms with Crippen molar-refractivity contribution in [2.75, 3.05) is 6.61 Å². The minimum absolute atomic E-state index is 0.366. The van der Waals surface area contributed by atoms with Crippen LogP contribution in [0.4, 0.5) is 0 Å². The largest absolute Gasteiger partial charge is 0.464 e. The highest BCUT2D eigenvalue weighted by molar-refractivity contribution is 5.74. The van der Waals surface area contributed by atoms with E-state index in [4.69, 9.17) is 14.6 Å². The van der Waals surface area contributed by atoms with Crippen molar-refractivity contribution >= 4 is 5.97 Å². The first-order valence-electron chi connectivity index (χ1n) is 5.67. The average molecular weight is 234 g/mol. The molecule has 5 nitrogen and oxygen atoms in total. The standard InChI is InChI=1S/C11H22O5/c1-4-5-6-7-15-11(14)9(3)16-10(13)8(2)12/h8-10,12-13H,4-7H2,1-3H3. The normalized spacial score (nSPS) is 16.6. The van der Waals surface area contributed by atoms with Gasteiger partial charge < -0.3 is 19.7 Å². The number of aliphatic hydroxyl groups is 2. The fourth-order valence-corrected chi connectivity index (χ4v) is 1.02. The predicted molar refractivity (Wildman–Crippen MR) is 58.7 cm³/mol. The molecule has 3 unspecified atom stereocenters. The van der Waals surface area contributed by atoms with Crippen LogP contribution in [0.15, 0.2) is 0 Å². The zero-order valence-electron chi connectivity index (χ0n) is 10.2. The zero-order chi connectivity index (χ0) is 12.6. The molecule has 16 heavy (non-hydrogen) atoms. The Bertz CT molecular complexity index is 193. The molecule has 0 fully saturated rings. The SMILES string of the molecule is CCCCCOC(=O)C(C)OC(O)C(C)O. The number of rotatable bonds is 8. The fourth-order valence-electron chi connectivity index (χ4n) is 1.02. The summed E-state index contributed by atoms with van der Waals surface area (Å²) in [5.74, 6) is -0.518. The molecule has 5 heteroatoms. The van der Waals surface area contributed by atoms with E-state index < -0.39 is 24.5 Å². The third-order valence-electron chi connectivity index (χ3n) is 2.08. The van der Waals surface area contributed by atoms with E-state index >= 15 is 0 Å². The minimum atomic E-state index is -1.36. The van der Waals surface area contributed by atoms with E-state index in [-0.39, 0.29) is 0 Å². The van der Waals surface area contributed by atoms with Gasteiger partial charge in [-0.05, 0) is 20.3 Å². The molecule has 0 rings (SSSR count). The summed E-state index contributed by atoms with van der Waals surface area (Å²) in [6.45, 7) is 5.29. The number of carbonyl (C=O) groups excluding carboxylic acids is 1. The van der Waals surface area contributed by atoms with Gasteiger partial charge in [0.05, 0.1) is 6.61 Å². The van der Waals surface area contributed by atoms with E-state index in [9.17, 15) is 9.90 Å². The van der Waals surface area contributed by atoms with Gasteiger partial charge in [0.1, 0.15) is 6.10 Å². The van der Waals surface area contributed by atoms with Crippen molar-refractivity contribution in [1.82, 2.24) is 0 Å². The molecule has 0 bridgehead atoms. The lowest BCUT2D eigenvalue weighted by Crippen LogP contribution is -2.34. The Kier molecular flexibility index (Phi) is 8.15. The number of aliphatic hydroxyl groups excluding tert-OH is 2. The highest BCUT2D eigenvalue weighted by Crippen LogP contribution is 2.03. The van der Waals surface area contributed by atoms with Crippen LogP contribution < -0.4 is 0 Å². The molecule has 0 aromatic carbocycles. The summed E-state index contributed by atoms with van der Waals surface area (Å²) in [4.78, 5) is 11.3. The maximum atomic E-state index is 11.3. The maximum Gasteiger partial charge on any atom is 0.335 e. The summed E-state index contributed by atoms with van der Waals surface area (Å²) in [5, 5.41) is 18.1. The Labute approximate surface area is 96.4 Å². The summed E-state index contributed by atoms with van der Waals surface area (Å²) < 4.78 is 9.79. The van der Waals surface area contributed by atoms with Gasteiger partial charge >= 0.3 is 5.97 Å². The summed E-state index contributed by atoms with van der Waals surface area (Å²) in [5.41, 5.74) is 0. The van der Waals surface area contributed by atoms with Gasteiger partial charge in [-0.1, -0.05) is 19.8 Å². The first kappa shape index (κ1) is 15.3. The second-order valence-corrected chi connectivity index (χ2v) is 3.78. The van der Waals surface area contributed by atoms with E-state index in [2.05, 4.69) is 6.92 Å². The molecule has 3 atom stereocenters. The number of hydrogen-bond donors (Lipinski definition) is 2. The first-order valence-corrected chi connectivity index (χ1v) is 5.67. The summed E-state index contributed by atoms with van der Waals surface area (Å²) in [7, 11) is 0. The van der Waals surface area contributed by atoms with E-state index in [0.717, 1.165) is 19.3 Å². The van der Waals surface area contributed by atoms with Gasteiger partial charge in [0, 0.05) is 0 Å². The van der Waals surface area contributed by atoms with Crippen LogP contribution >= 0.6 is 0 Å². The van der Waals surface area contributed by atoms with Crippen LogP contribution in [0.5, 0.6) is 0 Å². The molecule has 0 saturated heterocycles. The Hall–Kier alpha value is -0.650. The predicted octanol–water partition coefficient (Wildman–Crippen LogP) is 0.824. The van der Waals surface area contributed by atoms with Crippen LogP contribution in [0.1, 0.15) is 40.0 Å². The molecule has 2 N–H and O–H groups in total. The quantitative estimate of drug-likeness (QED) is 0.369. The Morgan fingerprint density at radius 2 is 1.88 bits per heavy atom.